The first kappa shape index (κ1) is 11.9. The van der Waals surface area contributed by atoms with E-state index in [0.717, 1.165) is 4.68 Å². The first-order valence-electron chi connectivity index (χ1n) is 5.10. The van der Waals surface area contributed by atoms with Crippen molar-refractivity contribution in [3.8, 4) is 5.88 Å². The molecule has 4 nitrogen and oxygen atoms in total. The first-order valence-corrected chi connectivity index (χ1v) is 5.10. The average molecular weight is 248 g/mol. The summed E-state index contributed by atoms with van der Waals surface area (Å²) in [5.74, 6) is -0.285. The van der Waals surface area contributed by atoms with Crippen LogP contribution in [0.2, 0.25) is 0 Å². The Hall–Kier alpha value is -1.53. The third-order valence-corrected chi connectivity index (χ3v) is 2.84. The van der Waals surface area contributed by atoms with E-state index in [9.17, 15) is 18.0 Å². The van der Waals surface area contributed by atoms with Crippen molar-refractivity contribution < 1.29 is 22.7 Å². The van der Waals surface area contributed by atoms with Gasteiger partial charge in [-0.15, -0.1) is 5.10 Å². The standard InChI is InChI=1S/C10H11F3N2O2/c1-7(16)15-5-2-8(14-15)17-6-9(3-4-9)10(11,12)13/h2,5H,3-4,6H2,1H3. The minimum absolute atomic E-state index is 0.0377. The van der Waals surface area contributed by atoms with Crippen LogP contribution in [0.15, 0.2) is 12.3 Å². The second-order valence-electron chi connectivity index (χ2n) is 4.18. The van der Waals surface area contributed by atoms with Crippen molar-refractivity contribution in [3.05, 3.63) is 12.3 Å². The highest BCUT2D eigenvalue weighted by atomic mass is 19.4. The number of hydrogen-bond acceptors (Lipinski definition) is 3. The van der Waals surface area contributed by atoms with E-state index in [1.54, 1.807) is 0 Å². The van der Waals surface area contributed by atoms with Crippen molar-refractivity contribution in [1.29, 1.82) is 0 Å². The largest absolute Gasteiger partial charge is 0.476 e. The molecule has 1 aromatic heterocycles. The van der Waals surface area contributed by atoms with Crippen LogP contribution in [0, 0.1) is 5.41 Å². The number of aromatic nitrogens is 2. The van der Waals surface area contributed by atoms with Gasteiger partial charge in [0, 0.05) is 19.2 Å². The molecular weight excluding hydrogens is 237 g/mol. The smallest absolute Gasteiger partial charge is 0.397 e. The Bertz CT molecular complexity index is 435. The maximum absolute atomic E-state index is 12.6. The fourth-order valence-electron chi connectivity index (χ4n) is 1.43. The second kappa shape index (κ2) is 3.75. The van der Waals surface area contributed by atoms with Gasteiger partial charge in [-0.25, -0.2) is 4.68 Å². The average Bonchev–Trinajstić information content (AvgIpc) is 2.86. The van der Waals surface area contributed by atoms with Crippen LogP contribution in [-0.4, -0.2) is 28.5 Å². The van der Waals surface area contributed by atoms with Crippen molar-refractivity contribution in [2.75, 3.05) is 6.61 Å². The van der Waals surface area contributed by atoms with E-state index < -0.39 is 18.2 Å². The molecule has 0 saturated heterocycles. The van der Waals surface area contributed by atoms with E-state index in [1.165, 1.54) is 19.2 Å². The molecule has 1 aliphatic carbocycles. The number of hydrogen-bond donors (Lipinski definition) is 0. The van der Waals surface area contributed by atoms with Gasteiger partial charge in [-0.1, -0.05) is 0 Å². The Labute approximate surface area is 95.4 Å². The van der Waals surface area contributed by atoms with Gasteiger partial charge in [-0.05, 0) is 12.8 Å². The maximum atomic E-state index is 12.6. The summed E-state index contributed by atoms with van der Waals surface area (Å²) in [5.41, 5.74) is -1.72. The lowest BCUT2D eigenvalue weighted by Crippen LogP contribution is -2.30. The number of halogens is 3. The molecule has 0 aliphatic heterocycles. The second-order valence-corrected chi connectivity index (χ2v) is 4.18. The summed E-state index contributed by atoms with van der Waals surface area (Å²) in [4.78, 5) is 10.9. The van der Waals surface area contributed by atoms with E-state index in [2.05, 4.69) is 5.10 Å². The summed E-state index contributed by atoms with van der Waals surface area (Å²) in [6.45, 7) is 0.861. The number of carbonyl (C=O) groups is 1. The Morgan fingerprint density at radius 1 is 1.59 bits per heavy atom. The molecule has 1 aliphatic rings. The van der Waals surface area contributed by atoms with Crippen molar-refractivity contribution in [2.24, 2.45) is 5.41 Å². The van der Waals surface area contributed by atoms with E-state index in [0.29, 0.717) is 0 Å². The number of carbonyl (C=O) groups excluding carboxylic acids is 1. The van der Waals surface area contributed by atoms with Gasteiger partial charge in [0.1, 0.15) is 12.0 Å². The quantitative estimate of drug-likeness (QED) is 0.824. The molecule has 94 valence electrons. The molecule has 0 N–H and O–H groups in total. The number of rotatable bonds is 3. The van der Waals surface area contributed by atoms with Gasteiger partial charge in [0.25, 0.3) is 0 Å². The van der Waals surface area contributed by atoms with Crippen LogP contribution in [0.5, 0.6) is 5.88 Å². The highest BCUT2D eigenvalue weighted by molar-refractivity contribution is 5.75. The third kappa shape index (κ3) is 2.27. The molecule has 7 heteroatoms. The molecule has 0 amide bonds. The molecule has 0 spiro atoms. The Morgan fingerprint density at radius 2 is 2.24 bits per heavy atom. The predicted molar refractivity (Wildman–Crippen MR) is 51.7 cm³/mol. The zero-order valence-corrected chi connectivity index (χ0v) is 9.12. The summed E-state index contributed by atoms with van der Waals surface area (Å²) in [6.07, 6.45) is -2.71. The van der Waals surface area contributed by atoms with Crippen LogP contribution in [0.3, 0.4) is 0 Å². The summed E-state index contributed by atoms with van der Waals surface area (Å²) >= 11 is 0. The molecule has 0 unspecified atom stereocenters. The molecule has 0 radical (unpaired) electrons. The molecule has 1 saturated carbocycles. The molecule has 17 heavy (non-hydrogen) atoms. The minimum Gasteiger partial charge on any atom is -0.476 e. The van der Waals surface area contributed by atoms with Gasteiger partial charge in [0.05, 0.1) is 0 Å². The van der Waals surface area contributed by atoms with E-state index in [4.69, 9.17) is 4.74 Å². The van der Waals surface area contributed by atoms with Crippen LogP contribution in [0.4, 0.5) is 13.2 Å². The fourth-order valence-corrected chi connectivity index (χ4v) is 1.43. The molecule has 1 heterocycles. The van der Waals surface area contributed by atoms with E-state index in [-0.39, 0.29) is 24.6 Å². The summed E-state index contributed by atoms with van der Waals surface area (Å²) in [7, 11) is 0. The molecular formula is C10H11F3N2O2. The van der Waals surface area contributed by atoms with Crippen LogP contribution >= 0.6 is 0 Å². The number of alkyl halides is 3. The normalized spacial score (nSPS) is 17.9. The minimum atomic E-state index is -4.24. The lowest BCUT2D eigenvalue weighted by molar-refractivity contribution is -0.194. The zero-order valence-electron chi connectivity index (χ0n) is 9.12. The summed E-state index contributed by atoms with van der Waals surface area (Å²) in [5, 5.41) is 3.70. The third-order valence-electron chi connectivity index (χ3n) is 2.84. The van der Waals surface area contributed by atoms with Crippen LogP contribution in [-0.2, 0) is 0 Å². The van der Waals surface area contributed by atoms with E-state index in [1.807, 2.05) is 0 Å². The summed E-state index contributed by atoms with van der Waals surface area (Å²) < 4.78 is 43.7. The fraction of sp³-hybridized carbons (Fsp3) is 0.600. The SMILES string of the molecule is CC(=O)n1ccc(OCC2(C(F)(F)F)CC2)n1. The molecule has 0 atom stereocenters. The zero-order chi connectivity index (χ0) is 12.7. The predicted octanol–water partition coefficient (Wildman–Crippen LogP) is 2.26. The van der Waals surface area contributed by atoms with Crippen LogP contribution in [0.1, 0.15) is 24.6 Å². The van der Waals surface area contributed by atoms with Gasteiger partial charge in [0.2, 0.25) is 11.8 Å². The molecule has 0 aromatic carbocycles. The van der Waals surface area contributed by atoms with Crippen molar-refractivity contribution >= 4 is 5.91 Å². The van der Waals surface area contributed by atoms with E-state index >= 15 is 0 Å². The van der Waals surface area contributed by atoms with Crippen molar-refractivity contribution in [3.63, 3.8) is 0 Å². The number of ether oxygens (including phenoxy) is 1. The first-order chi connectivity index (χ1) is 7.84. The number of nitrogens with zero attached hydrogens (tertiary/aromatic N) is 2. The monoisotopic (exact) mass is 248 g/mol. The molecule has 0 bridgehead atoms. The van der Waals surface area contributed by atoms with Crippen molar-refractivity contribution in [2.45, 2.75) is 25.9 Å². The topological polar surface area (TPSA) is 44.1 Å². The maximum Gasteiger partial charge on any atom is 0.397 e. The lowest BCUT2D eigenvalue weighted by Gasteiger charge is -2.18. The Kier molecular flexibility index (Phi) is 2.63. The lowest BCUT2D eigenvalue weighted by atomic mass is 10.1. The Balaban J connectivity index is 1.96. The Morgan fingerprint density at radius 3 is 2.65 bits per heavy atom. The van der Waals surface area contributed by atoms with Gasteiger partial charge in [-0.3, -0.25) is 4.79 Å². The van der Waals surface area contributed by atoms with Crippen molar-refractivity contribution in [1.82, 2.24) is 9.78 Å². The van der Waals surface area contributed by atoms with Crippen LogP contribution < -0.4 is 4.74 Å². The van der Waals surface area contributed by atoms with Gasteiger partial charge < -0.3 is 4.74 Å². The van der Waals surface area contributed by atoms with Gasteiger partial charge in [-0.2, -0.15) is 13.2 Å². The molecule has 1 aromatic rings. The highest BCUT2D eigenvalue weighted by Gasteiger charge is 2.63. The molecule has 1 fully saturated rings. The molecule has 2 rings (SSSR count). The van der Waals surface area contributed by atoms with Gasteiger partial charge >= 0.3 is 6.18 Å². The highest BCUT2D eigenvalue weighted by Crippen LogP contribution is 2.57. The van der Waals surface area contributed by atoms with Gasteiger partial charge in [0.15, 0.2) is 0 Å². The van der Waals surface area contributed by atoms with Crippen LogP contribution in [0.25, 0.3) is 0 Å². The summed E-state index contributed by atoms with van der Waals surface area (Å²) in [6, 6.07) is 1.37.